The van der Waals surface area contributed by atoms with Crippen LogP contribution in [-0.4, -0.2) is 39.2 Å². The maximum Gasteiger partial charge on any atom is 0.134 e. The lowest BCUT2D eigenvalue weighted by Crippen LogP contribution is -2.34. The topological polar surface area (TPSA) is 58.9 Å². The van der Waals surface area contributed by atoms with E-state index in [1.54, 1.807) is 6.33 Å². The Morgan fingerprint density at radius 3 is 2.96 bits per heavy atom. The van der Waals surface area contributed by atoms with Crippen LogP contribution in [-0.2, 0) is 13.5 Å². The number of hydrogen-bond acceptors (Lipinski definition) is 5. The third-order valence-electron chi connectivity index (χ3n) is 5.40. The highest BCUT2D eigenvalue weighted by molar-refractivity contribution is 5.75. The zero-order chi connectivity index (χ0) is 18.6. The van der Waals surface area contributed by atoms with Crippen LogP contribution in [0.5, 0.6) is 0 Å². The van der Waals surface area contributed by atoms with Crippen LogP contribution in [0.25, 0.3) is 11.0 Å². The summed E-state index contributed by atoms with van der Waals surface area (Å²) in [6.45, 7) is 5.36. The predicted octanol–water partition coefficient (Wildman–Crippen LogP) is 3.64. The van der Waals surface area contributed by atoms with Gasteiger partial charge in [-0.25, -0.2) is 15.0 Å². The van der Waals surface area contributed by atoms with E-state index < -0.39 is 0 Å². The fourth-order valence-corrected chi connectivity index (χ4v) is 3.90. The Bertz CT molecular complexity index is 903. The second kappa shape index (κ2) is 7.94. The Labute approximate surface area is 160 Å². The summed E-state index contributed by atoms with van der Waals surface area (Å²) in [5, 5.41) is 3.44. The minimum Gasteiger partial charge on any atom is -0.370 e. The van der Waals surface area contributed by atoms with Gasteiger partial charge >= 0.3 is 0 Å². The van der Waals surface area contributed by atoms with Crippen LogP contribution >= 0.6 is 0 Å². The van der Waals surface area contributed by atoms with Gasteiger partial charge in [0.25, 0.3) is 0 Å². The molecule has 6 nitrogen and oxygen atoms in total. The Morgan fingerprint density at radius 1 is 1.22 bits per heavy atom. The van der Waals surface area contributed by atoms with Gasteiger partial charge in [-0.15, -0.1) is 0 Å². The smallest absolute Gasteiger partial charge is 0.134 e. The van der Waals surface area contributed by atoms with Crippen molar-refractivity contribution in [3.05, 3.63) is 42.5 Å². The molecule has 3 heterocycles. The molecule has 1 saturated heterocycles. The van der Waals surface area contributed by atoms with Crippen molar-refractivity contribution in [3.8, 4) is 0 Å². The van der Waals surface area contributed by atoms with E-state index in [-0.39, 0.29) is 0 Å². The fraction of sp³-hybridized carbons (Fsp3) is 0.476. The van der Waals surface area contributed by atoms with Crippen molar-refractivity contribution in [2.75, 3.05) is 29.9 Å². The van der Waals surface area contributed by atoms with Crippen LogP contribution in [0.4, 0.5) is 11.6 Å². The molecule has 1 aromatic carbocycles. The molecule has 1 fully saturated rings. The van der Waals surface area contributed by atoms with Gasteiger partial charge in [0.2, 0.25) is 0 Å². The minimum absolute atomic E-state index is 0.735. The largest absolute Gasteiger partial charge is 0.370 e. The monoisotopic (exact) mass is 364 g/mol. The first-order chi connectivity index (χ1) is 13.2. The Balaban J connectivity index is 1.32. The number of imidazole rings is 1. The highest BCUT2D eigenvalue weighted by atomic mass is 15.2. The normalized spacial score (nSPS) is 17.4. The number of fused-ring (bicyclic) bond motifs is 1. The summed E-state index contributed by atoms with van der Waals surface area (Å²) in [7, 11) is 2.09. The van der Waals surface area contributed by atoms with Crippen LogP contribution < -0.4 is 10.2 Å². The SMILES string of the molecule is CC1CCCN(c2cc(NCCCc3nc4ccccc4n3C)ncn2)C1. The molecule has 4 rings (SSSR count). The molecule has 142 valence electrons. The van der Waals surface area contributed by atoms with E-state index in [1.807, 2.05) is 6.07 Å². The van der Waals surface area contributed by atoms with Crippen molar-refractivity contribution >= 4 is 22.7 Å². The highest BCUT2D eigenvalue weighted by Crippen LogP contribution is 2.22. The predicted molar refractivity (Wildman–Crippen MR) is 110 cm³/mol. The zero-order valence-electron chi connectivity index (χ0n) is 16.2. The van der Waals surface area contributed by atoms with Gasteiger partial charge in [0.1, 0.15) is 23.8 Å². The lowest BCUT2D eigenvalue weighted by Gasteiger charge is -2.31. The molecular formula is C21H28N6. The second-order valence-corrected chi connectivity index (χ2v) is 7.56. The van der Waals surface area contributed by atoms with Crippen molar-refractivity contribution in [1.82, 2.24) is 19.5 Å². The molecule has 1 unspecified atom stereocenters. The standard InChI is InChI=1S/C21H28N6/c1-16-7-6-12-27(14-16)21-13-19(23-15-24-21)22-11-5-10-20-25-17-8-3-4-9-18(17)26(20)2/h3-4,8-9,13,15-16H,5-7,10-12,14H2,1-2H3,(H,22,23,24). The first-order valence-corrected chi connectivity index (χ1v) is 9.92. The van der Waals surface area contributed by atoms with E-state index in [1.165, 1.54) is 18.4 Å². The number of para-hydroxylation sites is 2. The fourth-order valence-electron chi connectivity index (χ4n) is 3.90. The average molecular weight is 364 g/mol. The van der Waals surface area contributed by atoms with Gasteiger partial charge in [-0.05, 0) is 37.3 Å². The van der Waals surface area contributed by atoms with Crippen LogP contribution in [0.1, 0.15) is 32.0 Å². The summed E-state index contributed by atoms with van der Waals surface area (Å²) in [5.74, 6) is 3.81. The molecule has 0 aliphatic carbocycles. The number of piperidine rings is 1. The molecule has 27 heavy (non-hydrogen) atoms. The van der Waals surface area contributed by atoms with Crippen molar-refractivity contribution in [2.24, 2.45) is 13.0 Å². The van der Waals surface area contributed by atoms with Gasteiger partial charge in [-0.1, -0.05) is 19.1 Å². The van der Waals surface area contributed by atoms with Crippen molar-refractivity contribution < 1.29 is 0 Å². The molecule has 0 spiro atoms. The number of aromatic nitrogens is 4. The van der Waals surface area contributed by atoms with Crippen LogP contribution in [0, 0.1) is 5.92 Å². The van der Waals surface area contributed by atoms with E-state index in [4.69, 9.17) is 4.98 Å². The number of rotatable bonds is 6. The summed E-state index contributed by atoms with van der Waals surface area (Å²) in [4.78, 5) is 16.0. The van der Waals surface area contributed by atoms with E-state index in [0.717, 1.165) is 61.4 Å². The Kier molecular flexibility index (Phi) is 5.23. The van der Waals surface area contributed by atoms with Gasteiger partial charge in [0.05, 0.1) is 11.0 Å². The molecule has 1 N–H and O–H groups in total. The lowest BCUT2D eigenvalue weighted by molar-refractivity contribution is 0.444. The summed E-state index contributed by atoms with van der Waals surface area (Å²) in [6, 6.07) is 10.4. The van der Waals surface area contributed by atoms with Crippen molar-refractivity contribution in [1.29, 1.82) is 0 Å². The van der Waals surface area contributed by atoms with E-state index >= 15 is 0 Å². The van der Waals surface area contributed by atoms with E-state index in [0.29, 0.717) is 0 Å². The third-order valence-corrected chi connectivity index (χ3v) is 5.40. The lowest BCUT2D eigenvalue weighted by atomic mass is 10.0. The number of hydrogen-bond donors (Lipinski definition) is 1. The van der Waals surface area contributed by atoms with Gasteiger partial charge in [-0.2, -0.15) is 0 Å². The maximum absolute atomic E-state index is 4.74. The molecule has 3 aromatic rings. The first kappa shape index (κ1) is 17.8. The van der Waals surface area contributed by atoms with E-state index in [9.17, 15) is 0 Å². The minimum atomic E-state index is 0.735. The van der Waals surface area contributed by atoms with Gasteiger partial charge in [0, 0.05) is 39.2 Å². The van der Waals surface area contributed by atoms with Crippen LogP contribution in [0.3, 0.4) is 0 Å². The highest BCUT2D eigenvalue weighted by Gasteiger charge is 2.17. The maximum atomic E-state index is 4.74. The number of nitrogens with one attached hydrogen (secondary N) is 1. The summed E-state index contributed by atoms with van der Waals surface area (Å²) in [6.07, 6.45) is 6.18. The second-order valence-electron chi connectivity index (χ2n) is 7.56. The molecule has 0 bridgehead atoms. The first-order valence-electron chi connectivity index (χ1n) is 9.92. The third kappa shape index (κ3) is 4.04. The van der Waals surface area contributed by atoms with Crippen molar-refractivity contribution in [3.63, 3.8) is 0 Å². The number of nitrogens with zero attached hydrogens (tertiary/aromatic N) is 5. The van der Waals surface area contributed by atoms with Gasteiger partial charge in [-0.3, -0.25) is 0 Å². The summed E-state index contributed by atoms with van der Waals surface area (Å²) in [5.41, 5.74) is 2.26. The molecular weight excluding hydrogens is 336 g/mol. The van der Waals surface area contributed by atoms with Crippen molar-refractivity contribution in [2.45, 2.75) is 32.6 Å². The Morgan fingerprint density at radius 2 is 2.11 bits per heavy atom. The molecule has 2 aromatic heterocycles. The number of aryl methyl sites for hydroxylation is 2. The molecule has 0 saturated carbocycles. The Hall–Kier alpha value is -2.63. The van der Waals surface area contributed by atoms with Gasteiger partial charge in [0.15, 0.2) is 0 Å². The summed E-state index contributed by atoms with van der Waals surface area (Å²) < 4.78 is 2.19. The molecule has 6 heteroatoms. The summed E-state index contributed by atoms with van der Waals surface area (Å²) >= 11 is 0. The quantitative estimate of drug-likeness (QED) is 0.677. The molecule has 0 radical (unpaired) electrons. The van der Waals surface area contributed by atoms with Gasteiger partial charge < -0.3 is 14.8 Å². The molecule has 0 amide bonds. The molecule has 1 aliphatic heterocycles. The molecule has 1 atom stereocenters. The van der Waals surface area contributed by atoms with Crippen LogP contribution in [0.15, 0.2) is 36.7 Å². The van der Waals surface area contributed by atoms with E-state index in [2.05, 4.69) is 63.0 Å². The zero-order valence-corrected chi connectivity index (χ0v) is 16.2. The average Bonchev–Trinajstić information content (AvgIpc) is 3.02. The molecule has 1 aliphatic rings. The number of anilines is 2. The number of benzene rings is 1. The van der Waals surface area contributed by atoms with Crippen LogP contribution in [0.2, 0.25) is 0 Å².